The second-order valence-corrected chi connectivity index (χ2v) is 7.11. The second kappa shape index (κ2) is 4.31. The molecule has 1 unspecified atom stereocenters. The van der Waals surface area contributed by atoms with Crippen LogP contribution in [0.5, 0.6) is 0 Å². The average Bonchev–Trinajstić information content (AvgIpc) is 2.45. The maximum absolute atomic E-state index is 11.5. The van der Waals surface area contributed by atoms with Crippen molar-refractivity contribution in [2.75, 3.05) is 0 Å². The van der Waals surface area contributed by atoms with Crippen molar-refractivity contribution in [2.24, 2.45) is 4.40 Å². The largest absolute Gasteiger partial charge is 0.243 e. The average molecular weight is 230 g/mol. The van der Waals surface area contributed by atoms with Crippen LogP contribution in [0.15, 0.2) is 10.6 Å². The van der Waals surface area contributed by atoms with Crippen molar-refractivity contribution in [3.05, 3.63) is 16.1 Å². The molecular formula is C9H14N2OS2. The highest BCUT2D eigenvalue weighted by Gasteiger charge is 2.18. The van der Waals surface area contributed by atoms with E-state index in [1.807, 2.05) is 27.7 Å². The Morgan fingerprint density at radius 3 is 2.64 bits per heavy atom. The van der Waals surface area contributed by atoms with E-state index in [0.29, 0.717) is 0 Å². The van der Waals surface area contributed by atoms with Gasteiger partial charge < -0.3 is 0 Å². The van der Waals surface area contributed by atoms with Crippen molar-refractivity contribution in [2.45, 2.75) is 32.4 Å². The van der Waals surface area contributed by atoms with Gasteiger partial charge in [0.05, 0.1) is 11.0 Å². The van der Waals surface area contributed by atoms with Crippen LogP contribution in [0.1, 0.15) is 30.7 Å². The summed E-state index contributed by atoms with van der Waals surface area (Å²) in [5.74, 6) is 0. The molecule has 0 aliphatic heterocycles. The number of hydrogen-bond acceptors (Lipinski definition) is 3. The first-order chi connectivity index (χ1) is 6.39. The lowest BCUT2D eigenvalue weighted by Gasteiger charge is -2.12. The highest BCUT2D eigenvalue weighted by Crippen LogP contribution is 2.13. The molecule has 0 saturated heterocycles. The number of rotatable bonds is 2. The van der Waals surface area contributed by atoms with Gasteiger partial charge in [-0.25, -0.2) is 9.19 Å². The molecule has 0 aliphatic rings. The lowest BCUT2D eigenvalue weighted by molar-refractivity contribution is 0.651. The van der Waals surface area contributed by atoms with E-state index in [1.54, 1.807) is 23.7 Å². The number of aromatic nitrogens is 1. The van der Waals surface area contributed by atoms with E-state index in [1.165, 1.54) is 0 Å². The third-order valence-corrected chi connectivity index (χ3v) is 3.61. The van der Waals surface area contributed by atoms with Crippen LogP contribution in [0.4, 0.5) is 0 Å². The fourth-order valence-electron chi connectivity index (χ4n) is 0.683. The molecule has 0 N–H and O–H groups in total. The Balaban J connectivity index is 2.70. The Hall–Kier alpha value is -0.550. The molecule has 0 amide bonds. The number of thiazole rings is 1. The minimum Gasteiger partial charge on any atom is -0.243 e. The molecule has 1 heterocycles. The van der Waals surface area contributed by atoms with Gasteiger partial charge >= 0.3 is 0 Å². The molecule has 5 heteroatoms. The third kappa shape index (κ3) is 3.31. The fourth-order valence-corrected chi connectivity index (χ4v) is 1.91. The predicted octanol–water partition coefficient (Wildman–Crippen LogP) is 2.33. The lowest BCUT2D eigenvalue weighted by atomic mass is 10.3. The van der Waals surface area contributed by atoms with E-state index in [-0.39, 0.29) is 4.75 Å². The molecule has 0 aromatic carbocycles. The molecule has 1 rings (SSSR count). The van der Waals surface area contributed by atoms with Gasteiger partial charge in [0.15, 0.2) is 0 Å². The summed E-state index contributed by atoms with van der Waals surface area (Å²) in [5, 5.41) is 0.806. The molecule has 3 nitrogen and oxygen atoms in total. The van der Waals surface area contributed by atoms with Gasteiger partial charge in [-0.3, -0.25) is 0 Å². The molecule has 0 radical (unpaired) electrons. The molecule has 0 saturated carbocycles. The third-order valence-electron chi connectivity index (χ3n) is 1.42. The number of hydrogen-bond donors (Lipinski definition) is 0. The van der Waals surface area contributed by atoms with Crippen LogP contribution in [0, 0.1) is 6.92 Å². The minimum atomic E-state index is -1.19. The molecule has 1 atom stereocenters. The van der Waals surface area contributed by atoms with Crippen molar-refractivity contribution < 1.29 is 4.21 Å². The molecule has 14 heavy (non-hydrogen) atoms. The lowest BCUT2D eigenvalue weighted by Crippen LogP contribution is -2.19. The monoisotopic (exact) mass is 230 g/mol. The standard InChI is InChI=1S/C9H14N2OS2/c1-7-5-10-8(13-7)6-11-14(12)9(2,3)4/h5-6H,1-4H3/b11-6-. The van der Waals surface area contributed by atoms with Crippen LogP contribution in [-0.4, -0.2) is 20.2 Å². The van der Waals surface area contributed by atoms with E-state index in [4.69, 9.17) is 0 Å². The first kappa shape index (κ1) is 11.5. The molecule has 1 aromatic heterocycles. The summed E-state index contributed by atoms with van der Waals surface area (Å²) in [5.41, 5.74) is 0. The summed E-state index contributed by atoms with van der Waals surface area (Å²) in [7, 11) is -1.19. The van der Waals surface area contributed by atoms with E-state index in [9.17, 15) is 4.21 Å². The summed E-state index contributed by atoms with van der Waals surface area (Å²) in [6.07, 6.45) is 3.37. The molecule has 0 spiro atoms. The van der Waals surface area contributed by atoms with Crippen LogP contribution < -0.4 is 0 Å². The van der Waals surface area contributed by atoms with Gasteiger partial charge in [0, 0.05) is 11.1 Å². The number of aryl methyl sites for hydroxylation is 1. The van der Waals surface area contributed by atoms with E-state index in [2.05, 4.69) is 9.38 Å². The van der Waals surface area contributed by atoms with E-state index < -0.39 is 11.0 Å². The molecule has 78 valence electrons. The predicted molar refractivity (Wildman–Crippen MR) is 62.3 cm³/mol. The molecule has 0 aliphatic carbocycles. The van der Waals surface area contributed by atoms with Gasteiger partial charge in [0.25, 0.3) is 0 Å². The van der Waals surface area contributed by atoms with Crippen LogP contribution in [0.3, 0.4) is 0 Å². The van der Waals surface area contributed by atoms with Crippen LogP contribution in [0.25, 0.3) is 0 Å². The topological polar surface area (TPSA) is 42.3 Å². The van der Waals surface area contributed by atoms with E-state index in [0.717, 1.165) is 9.88 Å². The maximum Gasteiger partial charge on any atom is 0.144 e. The zero-order chi connectivity index (χ0) is 10.8. The minimum absolute atomic E-state index is 0.303. The molecule has 0 fully saturated rings. The van der Waals surface area contributed by atoms with Crippen LogP contribution >= 0.6 is 11.3 Å². The zero-order valence-electron chi connectivity index (χ0n) is 8.77. The molecule has 1 aromatic rings. The summed E-state index contributed by atoms with van der Waals surface area (Å²) < 4.78 is 15.2. The van der Waals surface area contributed by atoms with Crippen LogP contribution in [-0.2, 0) is 11.0 Å². The smallest absolute Gasteiger partial charge is 0.144 e. The normalized spacial score (nSPS) is 14.9. The SMILES string of the molecule is Cc1cnc(/C=N\S(=O)C(C)(C)C)s1. The second-order valence-electron chi connectivity index (χ2n) is 3.91. The molecular weight excluding hydrogens is 216 g/mol. The van der Waals surface area contributed by atoms with Crippen molar-refractivity contribution in [1.82, 2.24) is 4.98 Å². The Morgan fingerprint density at radius 1 is 1.57 bits per heavy atom. The van der Waals surface area contributed by atoms with Gasteiger partial charge in [-0.15, -0.1) is 11.3 Å². The van der Waals surface area contributed by atoms with Gasteiger partial charge in [-0.05, 0) is 27.7 Å². The summed E-state index contributed by atoms with van der Waals surface area (Å²) in [6, 6.07) is 0. The van der Waals surface area contributed by atoms with Gasteiger partial charge in [0.2, 0.25) is 0 Å². The molecule has 0 bridgehead atoms. The highest BCUT2D eigenvalue weighted by atomic mass is 32.2. The van der Waals surface area contributed by atoms with Gasteiger partial charge in [0.1, 0.15) is 16.0 Å². The van der Waals surface area contributed by atoms with Crippen LogP contribution in [0.2, 0.25) is 0 Å². The Bertz CT molecular complexity index is 363. The summed E-state index contributed by atoms with van der Waals surface area (Å²) >= 11 is 1.55. The van der Waals surface area contributed by atoms with Crippen molar-refractivity contribution in [3.63, 3.8) is 0 Å². The summed E-state index contributed by atoms with van der Waals surface area (Å²) in [4.78, 5) is 5.24. The van der Waals surface area contributed by atoms with Gasteiger partial charge in [-0.2, -0.15) is 4.40 Å². The maximum atomic E-state index is 11.5. The first-order valence-electron chi connectivity index (χ1n) is 4.28. The Kier molecular flexibility index (Phi) is 3.55. The van der Waals surface area contributed by atoms with Crippen molar-refractivity contribution >= 4 is 28.5 Å². The quantitative estimate of drug-likeness (QED) is 0.732. The zero-order valence-corrected chi connectivity index (χ0v) is 10.4. The summed E-state index contributed by atoms with van der Waals surface area (Å²) in [6.45, 7) is 7.67. The van der Waals surface area contributed by atoms with Crippen molar-refractivity contribution in [3.8, 4) is 0 Å². The fraction of sp³-hybridized carbons (Fsp3) is 0.556. The van der Waals surface area contributed by atoms with E-state index >= 15 is 0 Å². The highest BCUT2D eigenvalue weighted by molar-refractivity contribution is 7.85. The van der Waals surface area contributed by atoms with Gasteiger partial charge in [-0.1, -0.05) is 0 Å². The Morgan fingerprint density at radius 2 is 2.21 bits per heavy atom. The Labute approximate surface area is 90.9 Å². The first-order valence-corrected chi connectivity index (χ1v) is 6.20. The number of nitrogens with zero attached hydrogens (tertiary/aromatic N) is 2. The van der Waals surface area contributed by atoms with Crippen molar-refractivity contribution in [1.29, 1.82) is 0 Å².